The normalized spacial score (nSPS) is 17.0. The van der Waals surface area contributed by atoms with E-state index in [1.807, 2.05) is 9.80 Å². The van der Waals surface area contributed by atoms with E-state index < -0.39 is 10.7 Å². The van der Waals surface area contributed by atoms with E-state index in [2.05, 4.69) is 41.4 Å². The molecule has 2 aliphatic heterocycles. The van der Waals surface area contributed by atoms with E-state index in [9.17, 15) is 15.2 Å². The molecule has 2 saturated heterocycles. The summed E-state index contributed by atoms with van der Waals surface area (Å²) in [5.41, 5.74) is 2.55. The van der Waals surface area contributed by atoms with Crippen LogP contribution in [0.3, 0.4) is 0 Å². The number of rotatable bonds is 6. The van der Waals surface area contributed by atoms with E-state index in [0.29, 0.717) is 64.5 Å². The summed E-state index contributed by atoms with van der Waals surface area (Å²) >= 11 is 3.05. The van der Waals surface area contributed by atoms with Gasteiger partial charge in [-0.3, -0.25) is 10.1 Å². The number of hydrogen-bond acceptors (Lipinski definition) is 12. The van der Waals surface area contributed by atoms with Crippen LogP contribution in [0.15, 0.2) is 21.7 Å². The molecule has 3 heterocycles. The van der Waals surface area contributed by atoms with Crippen molar-refractivity contribution < 1.29 is 19.5 Å². The molecule has 0 spiro atoms. The van der Waals surface area contributed by atoms with Crippen molar-refractivity contribution in [3.8, 4) is 5.75 Å². The molecule has 2 aromatic rings. The average Bonchev–Trinajstić information content (AvgIpc) is 2.82. The first-order chi connectivity index (χ1) is 15.5. The van der Waals surface area contributed by atoms with E-state index in [4.69, 9.17) is 9.47 Å². The Morgan fingerprint density at radius 3 is 2.12 bits per heavy atom. The zero-order valence-corrected chi connectivity index (χ0v) is 18.5. The van der Waals surface area contributed by atoms with Gasteiger partial charge in [-0.05, 0) is 5.56 Å². The Balaban J connectivity index is 1.59. The molecule has 0 radical (unpaired) electrons. The van der Waals surface area contributed by atoms with Crippen LogP contribution in [0, 0.1) is 10.1 Å². The number of hydrazone groups is 1. The molecule has 1 N–H and O–H groups in total. The molecule has 2 fully saturated rings. The molecular weight excluding hydrogens is 488 g/mol. The lowest BCUT2D eigenvalue weighted by molar-refractivity contribution is -0.385. The van der Waals surface area contributed by atoms with Crippen LogP contribution in [0.4, 0.5) is 23.5 Å². The number of nitro groups is 1. The highest BCUT2D eigenvalue weighted by molar-refractivity contribution is 9.10. The molecule has 0 atom stereocenters. The Hall–Kier alpha value is -3.10. The minimum absolute atomic E-state index is 0.0504. The SMILES string of the molecule is O=[N+]([O-])c1cc(Br)c([O-])c(/C=N\Nc2nc(N3CCOCC3)nc(N3CCOCC3)n2)c1. The summed E-state index contributed by atoms with van der Waals surface area (Å²) < 4.78 is 10.9. The summed E-state index contributed by atoms with van der Waals surface area (Å²) in [6, 6.07) is 2.31. The molecule has 0 bridgehead atoms. The molecule has 2 aliphatic rings. The summed E-state index contributed by atoms with van der Waals surface area (Å²) in [7, 11) is 0. The van der Waals surface area contributed by atoms with Gasteiger partial charge in [0.15, 0.2) is 0 Å². The molecule has 0 aliphatic carbocycles. The van der Waals surface area contributed by atoms with Crippen LogP contribution >= 0.6 is 15.9 Å². The Bertz CT molecular complexity index is 975. The van der Waals surface area contributed by atoms with Crippen molar-refractivity contribution >= 4 is 45.7 Å². The lowest BCUT2D eigenvalue weighted by Crippen LogP contribution is -2.40. The van der Waals surface area contributed by atoms with Crippen LogP contribution in [0.5, 0.6) is 5.75 Å². The van der Waals surface area contributed by atoms with Gasteiger partial charge in [-0.15, -0.1) is 0 Å². The summed E-state index contributed by atoms with van der Waals surface area (Å²) in [5, 5.41) is 27.3. The van der Waals surface area contributed by atoms with Crippen LogP contribution in [-0.2, 0) is 9.47 Å². The van der Waals surface area contributed by atoms with Gasteiger partial charge >= 0.3 is 0 Å². The van der Waals surface area contributed by atoms with Crippen molar-refractivity contribution in [2.75, 3.05) is 67.8 Å². The predicted octanol–water partition coefficient (Wildman–Crippen LogP) is 0.735. The lowest BCUT2D eigenvalue weighted by atomic mass is 10.2. The Morgan fingerprint density at radius 2 is 1.59 bits per heavy atom. The van der Waals surface area contributed by atoms with Crippen LogP contribution in [0.2, 0.25) is 0 Å². The van der Waals surface area contributed by atoms with E-state index in [-0.39, 0.29) is 21.7 Å². The number of nitrogens with one attached hydrogen (secondary N) is 1. The highest BCUT2D eigenvalue weighted by atomic mass is 79.9. The van der Waals surface area contributed by atoms with Crippen LogP contribution in [0.1, 0.15) is 5.56 Å². The Kier molecular flexibility index (Phi) is 6.92. The molecule has 14 heteroatoms. The molecule has 0 saturated carbocycles. The minimum Gasteiger partial charge on any atom is -0.871 e. The van der Waals surface area contributed by atoms with Crippen LogP contribution in [-0.4, -0.2) is 78.7 Å². The van der Waals surface area contributed by atoms with E-state index in [1.54, 1.807) is 0 Å². The van der Waals surface area contributed by atoms with E-state index >= 15 is 0 Å². The largest absolute Gasteiger partial charge is 0.871 e. The molecule has 1 aromatic heterocycles. The fourth-order valence-corrected chi connectivity index (χ4v) is 3.64. The number of benzene rings is 1. The van der Waals surface area contributed by atoms with Gasteiger partial charge in [0.05, 0.1) is 37.6 Å². The smallest absolute Gasteiger partial charge is 0.271 e. The third-order valence-corrected chi connectivity index (χ3v) is 5.42. The minimum atomic E-state index is -0.579. The molecular formula is C18H20BrN8O5-. The van der Waals surface area contributed by atoms with Crippen molar-refractivity contribution in [3.63, 3.8) is 0 Å². The predicted molar refractivity (Wildman–Crippen MR) is 117 cm³/mol. The summed E-state index contributed by atoms with van der Waals surface area (Å²) in [5.74, 6) is 0.756. The van der Waals surface area contributed by atoms with Gasteiger partial charge in [0.25, 0.3) is 5.69 Å². The van der Waals surface area contributed by atoms with Crippen molar-refractivity contribution in [3.05, 3.63) is 32.3 Å². The lowest BCUT2D eigenvalue weighted by Gasteiger charge is -2.30. The molecule has 1 aromatic carbocycles. The Labute approximate surface area is 191 Å². The number of hydrogen-bond donors (Lipinski definition) is 1. The van der Waals surface area contributed by atoms with Gasteiger partial charge in [0.2, 0.25) is 17.8 Å². The molecule has 0 amide bonds. The number of nitrogens with zero attached hydrogens (tertiary/aromatic N) is 7. The third kappa shape index (κ3) is 5.20. The number of anilines is 3. The number of non-ortho nitro benzene ring substituents is 1. The first-order valence-electron chi connectivity index (χ1n) is 9.87. The Morgan fingerprint density at radius 1 is 1.03 bits per heavy atom. The van der Waals surface area contributed by atoms with E-state index in [0.717, 1.165) is 12.1 Å². The van der Waals surface area contributed by atoms with Crippen LogP contribution < -0.4 is 20.3 Å². The highest BCUT2D eigenvalue weighted by Gasteiger charge is 2.20. The average molecular weight is 508 g/mol. The number of nitro benzene ring substituents is 1. The second-order valence-electron chi connectivity index (χ2n) is 6.93. The van der Waals surface area contributed by atoms with Crippen molar-refractivity contribution in [1.29, 1.82) is 0 Å². The fourth-order valence-electron chi connectivity index (χ4n) is 3.17. The van der Waals surface area contributed by atoms with Gasteiger partial charge in [-0.25, -0.2) is 5.43 Å². The van der Waals surface area contributed by atoms with Crippen molar-refractivity contribution in [2.45, 2.75) is 0 Å². The molecule has 4 rings (SSSR count). The maximum Gasteiger partial charge on any atom is 0.271 e. The molecule has 0 unspecified atom stereocenters. The molecule has 32 heavy (non-hydrogen) atoms. The summed E-state index contributed by atoms with van der Waals surface area (Å²) in [6.07, 6.45) is 1.20. The first-order valence-corrected chi connectivity index (χ1v) is 10.7. The standard InChI is InChI=1S/C18H21BrN8O5/c19-14-10-13(27(29)30)9-12(15(14)28)11-20-24-16-21-17(25-1-5-31-6-2-25)23-18(22-16)26-3-7-32-8-4-26/h9-11,28H,1-8H2,(H,21,22,23,24)/p-1/b20-11-. The van der Waals surface area contributed by atoms with Gasteiger partial charge in [0, 0.05) is 42.8 Å². The van der Waals surface area contributed by atoms with Gasteiger partial charge in [-0.1, -0.05) is 21.7 Å². The molecule has 13 nitrogen and oxygen atoms in total. The fraction of sp³-hybridized carbons (Fsp3) is 0.444. The number of aromatic nitrogens is 3. The summed E-state index contributed by atoms with van der Waals surface area (Å²) in [6.45, 7) is 4.90. The second-order valence-corrected chi connectivity index (χ2v) is 7.79. The van der Waals surface area contributed by atoms with Crippen LogP contribution in [0.25, 0.3) is 0 Å². The zero-order chi connectivity index (χ0) is 22.5. The van der Waals surface area contributed by atoms with Gasteiger partial charge < -0.3 is 24.4 Å². The monoisotopic (exact) mass is 507 g/mol. The van der Waals surface area contributed by atoms with Gasteiger partial charge in [-0.2, -0.15) is 20.1 Å². The first kappa shape index (κ1) is 22.1. The number of morpholine rings is 2. The van der Waals surface area contributed by atoms with Crippen molar-refractivity contribution in [1.82, 2.24) is 15.0 Å². The second kappa shape index (κ2) is 10.0. The zero-order valence-electron chi connectivity index (χ0n) is 16.9. The summed E-state index contributed by atoms with van der Waals surface area (Å²) in [4.78, 5) is 27.9. The van der Waals surface area contributed by atoms with E-state index in [1.165, 1.54) is 6.21 Å². The quantitative estimate of drug-likeness (QED) is 0.334. The van der Waals surface area contributed by atoms with Crippen molar-refractivity contribution in [2.24, 2.45) is 5.10 Å². The topological polar surface area (TPSA) is 154 Å². The van der Waals surface area contributed by atoms with Gasteiger partial charge in [0.1, 0.15) is 0 Å². The number of halogens is 1. The molecule has 170 valence electrons. The maximum absolute atomic E-state index is 12.2. The highest BCUT2D eigenvalue weighted by Crippen LogP contribution is 2.29. The third-order valence-electron chi connectivity index (χ3n) is 4.84. The number of ether oxygens (including phenoxy) is 2. The maximum atomic E-state index is 12.2.